The standard InChI is InChI=1S/C20H25N3O2/c24-19(12-15-6-4-5-7-15)22-10-11-23-17(14-22)13-18(21-23)20(25)16-8-2-1-3-9-16/h1-3,8-9,13,15,20,25H,4-7,10-12,14H2/t20-/m1/s1. The summed E-state index contributed by atoms with van der Waals surface area (Å²) in [5.41, 5.74) is 2.51. The molecule has 0 radical (unpaired) electrons. The number of fused-ring (bicyclic) bond motifs is 1. The molecule has 0 bridgehead atoms. The molecule has 4 rings (SSSR count). The van der Waals surface area contributed by atoms with Gasteiger partial charge in [0.1, 0.15) is 6.10 Å². The minimum atomic E-state index is -0.720. The molecule has 132 valence electrons. The molecule has 5 heteroatoms. The van der Waals surface area contributed by atoms with Crippen molar-refractivity contribution >= 4 is 5.91 Å². The monoisotopic (exact) mass is 339 g/mol. The second kappa shape index (κ2) is 7.00. The van der Waals surface area contributed by atoms with Gasteiger partial charge in [0.15, 0.2) is 0 Å². The van der Waals surface area contributed by atoms with E-state index in [1.165, 1.54) is 25.7 Å². The number of nitrogens with zero attached hydrogens (tertiary/aromatic N) is 3. The number of benzene rings is 1. The fourth-order valence-electron chi connectivity index (χ4n) is 4.03. The second-order valence-corrected chi connectivity index (χ2v) is 7.27. The Labute approximate surface area is 148 Å². The average molecular weight is 339 g/mol. The summed E-state index contributed by atoms with van der Waals surface area (Å²) in [6, 6.07) is 11.5. The molecule has 0 spiro atoms. The topological polar surface area (TPSA) is 58.4 Å². The molecule has 1 fully saturated rings. The van der Waals surface area contributed by atoms with Gasteiger partial charge >= 0.3 is 0 Å². The van der Waals surface area contributed by atoms with E-state index in [0.29, 0.717) is 37.7 Å². The lowest BCUT2D eigenvalue weighted by Crippen LogP contribution is -2.38. The molecule has 2 aliphatic rings. The number of aliphatic hydroxyl groups is 1. The van der Waals surface area contributed by atoms with Gasteiger partial charge in [0.2, 0.25) is 5.91 Å². The fraction of sp³-hybridized carbons (Fsp3) is 0.500. The predicted molar refractivity (Wildman–Crippen MR) is 94.7 cm³/mol. The number of carbonyl (C=O) groups excluding carboxylic acids is 1. The first kappa shape index (κ1) is 16.3. The molecule has 2 heterocycles. The van der Waals surface area contributed by atoms with Crippen LogP contribution in [0.2, 0.25) is 0 Å². The van der Waals surface area contributed by atoms with Gasteiger partial charge in [-0.2, -0.15) is 5.10 Å². The van der Waals surface area contributed by atoms with Gasteiger partial charge < -0.3 is 10.0 Å². The van der Waals surface area contributed by atoms with E-state index in [1.807, 2.05) is 46.0 Å². The highest BCUT2D eigenvalue weighted by atomic mass is 16.3. The number of hydrogen-bond acceptors (Lipinski definition) is 3. The number of hydrogen-bond donors (Lipinski definition) is 1. The van der Waals surface area contributed by atoms with Gasteiger partial charge in [-0.15, -0.1) is 0 Å². The Kier molecular flexibility index (Phi) is 4.57. The first-order valence-corrected chi connectivity index (χ1v) is 9.28. The summed E-state index contributed by atoms with van der Waals surface area (Å²) in [6.07, 6.45) is 4.90. The summed E-state index contributed by atoms with van der Waals surface area (Å²) in [5.74, 6) is 0.847. The van der Waals surface area contributed by atoms with Crippen molar-refractivity contribution < 1.29 is 9.90 Å². The van der Waals surface area contributed by atoms with Gasteiger partial charge in [-0.25, -0.2) is 0 Å². The van der Waals surface area contributed by atoms with Crippen LogP contribution in [0.25, 0.3) is 0 Å². The number of carbonyl (C=O) groups is 1. The van der Waals surface area contributed by atoms with E-state index >= 15 is 0 Å². The minimum absolute atomic E-state index is 0.268. The molecule has 5 nitrogen and oxygen atoms in total. The lowest BCUT2D eigenvalue weighted by Gasteiger charge is -2.28. The van der Waals surface area contributed by atoms with Crippen LogP contribution < -0.4 is 0 Å². The van der Waals surface area contributed by atoms with Crippen LogP contribution in [-0.4, -0.2) is 32.2 Å². The summed E-state index contributed by atoms with van der Waals surface area (Å²) in [6.45, 7) is 2.01. The van der Waals surface area contributed by atoms with E-state index < -0.39 is 6.10 Å². The summed E-state index contributed by atoms with van der Waals surface area (Å²) < 4.78 is 1.93. The summed E-state index contributed by atoms with van der Waals surface area (Å²) >= 11 is 0. The number of aromatic nitrogens is 2. The Morgan fingerprint density at radius 3 is 2.72 bits per heavy atom. The van der Waals surface area contributed by atoms with Crippen LogP contribution >= 0.6 is 0 Å². The maximum absolute atomic E-state index is 12.6. The summed E-state index contributed by atoms with van der Waals surface area (Å²) in [7, 11) is 0. The van der Waals surface area contributed by atoms with Crippen molar-refractivity contribution in [3.8, 4) is 0 Å². The van der Waals surface area contributed by atoms with E-state index in [1.54, 1.807) is 0 Å². The van der Waals surface area contributed by atoms with E-state index in [9.17, 15) is 9.90 Å². The first-order valence-electron chi connectivity index (χ1n) is 9.28. The lowest BCUT2D eigenvalue weighted by molar-refractivity contribution is -0.133. The fourth-order valence-corrected chi connectivity index (χ4v) is 4.03. The van der Waals surface area contributed by atoms with Crippen LogP contribution in [0.5, 0.6) is 0 Å². The van der Waals surface area contributed by atoms with Gasteiger partial charge in [0.05, 0.1) is 24.5 Å². The van der Waals surface area contributed by atoms with E-state index in [2.05, 4.69) is 5.10 Å². The maximum atomic E-state index is 12.6. The Morgan fingerprint density at radius 1 is 1.20 bits per heavy atom. The predicted octanol–water partition coefficient (Wildman–Crippen LogP) is 2.89. The first-order chi connectivity index (χ1) is 12.2. The quantitative estimate of drug-likeness (QED) is 0.932. The summed E-state index contributed by atoms with van der Waals surface area (Å²) in [4.78, 5) is 14.5. The van der Waals surface area contributed by atoms with E-state index in [-0.39, 0.29) is 5.91 Å². The van der Waals surface area contributed by atoms with Crippen molar-refractivity contribution in [2.24, 2.45) is 5.92 Å². The van der Waals surface area contributed by atoms with Crippen molar-refractivity contribution in [2.75, 3.05) is 6.54 Å². The zero-order chi connectivity index (χ0) is 17.2. The number of amides is 1. The molecular formula is C20H25N3O2. The Balaban J connectivity index is 1.44. The van der Waals surface area contributed by atoms with Crippen LogP contribution in [-0.2, 0) is 17.9 Å². The van der Waals surface area contributed by atoms with Crippen molar-refractivity contribution in [1.29, 1.82) is 0 Å². The zero-order valence-electron chi connectivity index (χ0n) is 14.5. The molecule has 1 saturated carbocycles. The minimum Gasteiger partial charge on any atom is -0.382 e. The third-order valence-corrected chi connectivity index (χ3v) is 5.50. The Bertz CT molecular complexity index is 735. The zero-order valence-corrected chi connectivity index (χ0v) is 14.5. The van der Waals surface area contributed by atoms with Gasteiger partial charge in [-0.3, -0.25) is 9.48 Å². The molecule has 1 aromatic heterocycles. The van der Waals surface area contributed by atoms with Crippen molar-refractivity contribution in [1.82, 2.24) is 14.7 Å². The largest absolute Gasteiger partial charge is 0.382 e. The number of rotatable bonds is 4. The van der Waals surface area contributed by atoms with Crippen molar-refractivity contribution in [3.05, 3.63) is 53.3 Å². The summed E-state index contributed by atoms with van der Waals surface area (Å²) in [5, 5.41) is 15.1. The van der Waals surface area contributed by atoms with E-state index in [0.717, 1.165) is 11.3 Å². The van der Waals surface area contributed by atoms with Crippen molar-refractivity contribution in [3.63, 3.8) is 0 Å². The molecule has 1 aliphatic carbocycles. The second-order valence-electron chi connectivity index (χ2n) is 7.27. The molecule has 1 amide bonds. The highest BCUT2D eigenvalue weighted by Crippen LogP contribution is 2.29. The smallest absolute Gasteiger partial charge is 0.223 e. The van der Waals surface area contributed by atoms with Gasteiger partial charge in [-0.1, -0.05) is 43.2 Å². The van der Waals surface area contributed by atoms with Crippen LogP contribution in [0, 0.1) is 5.92 Å². The Hall–Kier alpha value is -2.14. The molecule has 0 unspecified atom stereocenters. The lowest BCUT2D eigenvalue weighted by atomic mass is 10.0. The molecule has 25 heavy (non-hydrogen) atoms. The van der Waals surface area contributed by atoms with Crippen LogP contribution in [0.15, 0.2) is 36.4 Å². The molecule has 1 aromatic carbocycles. The van der Waals surface area contributed by atoms with Crippen LogP contribution in [0.3, 0.4) is 0 Å². The van der Waals surface area contributed by atoms with Crippen LogP contribution in [0.1, 0.15) is 55.2 Å². The van der Waals surface area contributed by atoms with Crippen molar-refractivity contribution in [2.45, 2.75) is 51.3 Å². The molecule has 0 saturated heterocycles. The normalized spacial score (nSPS) is 19.0. The third-order valence-electron chi connectivity index (χ3n) is 5.50. The highest BCUT2D eigenvalue weighted by molar-refractivity contribution is 5.76. The van der Waals surface area contributed by atoms with E-state index in [4.69, 9.17) is 0 Å². The SMILES string of the molecule is O=C(CC1CCCC1)N1CCn2nc([C@H](O)c3ccccc3)cc2C1. The molecular weight excluding hydrogens is 314 g/mol. The third kappa shape index (κ3) is 3.47. The molecule has 1 aliphatic heterocycles. The Morgan fingerprint density at radius 2 is 1.96 bits per heavy atom. The highest BCUT2D eigenvalue weighted by Gasteiger charge is 2.27. The van der Waals surface area contributed by atoms with Gasteiger partial charge in [0.25, 0.3) is 0 Å². The van der Waals surface area contributed by atoms with Gasteiger partial charge in [-0.05, 0) is 30.4 Å². The maximum Gasteiger partial charge on any atom is 0.223 e. The average Bonchev–Trinajstić information content (AvgIpc) is 3.30. The molecule has 2 aromatic rings. The van der Waals surface area contributed by atoms with Crippen LogP contribution in [0.4, 0.5) is 0 Å². The van der Waals surface area contributed by atoms with Gasteiger partial charge in [0, 0.05) is 13.0 Å². The number of aliphatic hydroxyl groups excluding tert-OH is 1. The molecule has 1 atom stereocenters. The molecule has 1 N–H and O–H groups in total.